The second kappa shape index (κ2) is 14.9. The molecule has 3 heterocycles. The van der Waals surface area contributed by atoms with Crippen molar-refractivity contribution in [2.75, 3.05) is 30.0 Å². The number of nitrogens with one attached hydrogen (secondary N) is 1. The van der Waals surface area contributed by atoms with E-state index in [-0.39, 0.29) is 17.7 Å². The van der Waals surface area contributed by atoms with Crippen molar-refractivity contribution in [3.05, 3.63) is 15.0 Å². The van der Waals surface area contributed by atoms with E-state index in [2.05, 4.69) is 39.6 Å². The van der Waals surface area contributed by atoms with Crippen LogP contribution in [0.4, 0.5) is 5.13 Å². The van der Waals surface area contributed by atoms with Crippen LogP contribution in [0.25, 0.3) is 0 Å². The summed E-state index contributed by atoms with van der Waals surface area (Å²) < 4.78 is 5.31. The molecule has 0 atom stereocenters. The van der Waals surface area contributed by atoms with Crippen molar-refractivity contribution in [1.82, 2.24) is 20.4 Å². The number of anilines is 1. The molecular formula is C23H35N5O3S3. The van der Waals surface area contributed by atoms with E-state index in [1.54, 1.807) is 11.3 Å². The van der Waals surface area contributed by atoms with Gasteiger partial charge in [0.2, 0.25) is 11.0 Å². The lowest BCUT2D eigenvalue weighted by atomic mass is 9.92. The average molecular weight is 526 g/mol. The van der Waals surface area contributed by atoms with E-state index in [1.165, 1.54) is 11.3 Å². The first-order chi connectivity index (χ1) is 16.6. The quantitative estimate of drug-likeness (QED) is 0.336. The Balaban J connectivity index is 1.32. The molecule has 0 aliphatic carbocycles. The maximum absolute atomic E-state index is 12.6. The minimum Gasteiger partial charge on any atom is -0.381 e. The van der Waals surface area contributed by atoms with E-state index in [9.17, 15) is 9.59 Å². The zero-order chi connectivity index (χ0) is 24.2. The fourth-order valence-corrected chi connectivity index (χ4v) is 6.64. The zero-order valence-corrected chi connectivity index (χ0v) is 22.5. The van der Waals surface area contributed by atoms with Gasteiger partial charge in [-0.2, -0.15) is 11.8 Å². The van der Waals surface area contributed by atoms with E-state index in [0.29, 0.717) is 30.5 Å². The number of aromatic nitrogens is 4. The Morgan fingerprint density at radius 3 is 2.26 bits per heavy atom. The summed E-state index contributed by atoms with van der Waals surface area (Å²) in [5.41, 5.74) is 0. The van der Waals surface area contributed by atoms with Gasteiger partial charge in [-0.1, -0.05) is 38.0 Å². The number of ketones is 1. The molecule has 1 N–H and O–H groups in total. The first-order valence-corrected chi connectivity index (χ1v) is 15.0. The second-order valence-corrected chi connectivity index (χ2v) is 11.9. The number of carbonyl (C=O) groups excluding carboxylic acids is 2. The smallest absolute Gasteiger partial charge is 0.229 e. The van der Waals surface area contributed by atoms with Crippen LogP contribution in [0.1, 0.15) is 67.4 Å². The molecule has 8 nitrogen and oxygen atoms in total. The molecule has 1 saturated heterocycles. The van der Waals surface area contributed by atoms with Gasteiger partial charge in [-0.05, 0) is 37.2 Å². The maximum atomic E-state index is 12.6. The van der Waals surface area contributed by atoms with Gasteiger partial charge < -0.3 is 10.1 Å². The van der Waals surface area contributed by atoms with Crippen LogP contribution in [0.3, 0.4) is 0 Å². The van der Waals surface area contributed by atoms with Gasteiger partial charge in [0.05, 0.1) is 6.42 Å². The molecule has 1 fully saturated rings. The molecule has 1 aliphatic rings. The number of Topliss-reactive ketones (excluding diaryl/α,β-unsaturated/α-hetero) is 1. The van der Waals surface area contributed by atoms with Crippen molar-refractivity contribution in [2.24, 2.45) is 11.8 Å². The Hall–Kier alpha value is -1.43. The van der Waals surface area contributed by atoms with E-state index in [1.807, 2.05) is 11.8 Å². The largest absolute Gasteiger partial charge is 0.381 e. The normalized spacial score (nSPS) is 14.6. The number of aryl methyl sites for hydroxylation is 2. The van der Waals surface area contributed by atoms with Crippen molar-refractivity contribution in [3.8, 4) is 0 Å². The number of ether oxygens (including phenoxy) is 1. The fraction of sp³-hybridized carbons (Fsp3) is 0.739. The van der Waals surface area contributed by atoms with Gasteiger partial charge in [-0.25, -0.2) is 0 Å². The highest BCUT2D eigenvalue weighted by molar-refractivity contribution is 7.99. The zero-order valence-electron chi connectivity index (χ0n) is 20.1. The monoisotopic (exact) mass is 525 g/mol. The van der Waals surface area contributed by atoms with Crippen molar-refractivity contribution in [3.63, 3.8) is 0 Å². The molecule has 0 aromatic carbocycles. The molecule has 0 radical (unpaired) electrons. The summed E-state index contributed by atoms with van der Waals surface area (Å²) in [5, 5.41) is 23.1. The van der Waals surface area contributed by atoms with Gasteiger partial charge in [-0.15, -0.1) is 31.7 Å². The van der Waals surface area contributed by atoms with Crippen LogP contribution in [-0.4, -0.2) is 56.8 Å². The summed E-state index contributed by atoms with van der Waals surface area (Å²) >= 11 is 4.85. The van der Waals surface area contributed by atoms with Gasteiger partial charge in [-0.3, -0.25) is 9.59 Å². The summed E-state index contributed by atoms with van der Waals surface area (Å²) in [4.78, 5) is 24.9. The Kier molecular flexibility index (Phi) is 11.9. The molecule has 188 valence electrons. The third kappa shape index (κ3) is 8.98. The van der Waals surface area contributed by atoms with Gasteiger partial charge in [0, 0.05) is 37.9 Å². The van der Waals surface area contributed by atoms with Gasteiger partial charge in [0.1, 0.15) is 20.8 Å². The summed E-state index contributed by atoms with van der Waals surface area (Å²) in [6, 6.07) is 0. The van der Waals surface area contributed by atoms with Crippen LogP contribution in [0.2, 0.25) is 0 Å². The number of amides is 1. The van der Waals surface area contributed by atoms with Crippen LogP contribution in [-0.2, 0) is 33.6 Å². The summed E-state index contributed by atoms with van der Waals surface area (Å²) in [7, 11) is 0. The lowest BCUT2D eigenvalue weighted by molar-refractivity contribution is -0.123. The number of hydrogen-bond donors (Lipinski definition) is 1. The Morgan fingerprint density at radius 1 is 0.971 bits per heavy atom. The summed E-state index contributed by atoms with van der Waals surface area (Å²) in [6.45, 7) is 5.55. The van der Waals surface area contributed by atoms with Crippen LogP contribution < -0.4 is 5.32 Å². The number of thioether (sulfide) groups is 1. The molecule has 1 aliphatic heterocycles. The van der Waals surface area contributed by atoms with Crippen molar-refractivity contribution >= 4 is 51.3 Å². The van der Waals surface area contributed by atoms with Crippen molar-refractivity contribution in [2.45, 2.75) is 71.6 Å². The lowest BCUT2D eigenvalue weighted by Gasteiger charge is -2.20. The number of hydrogen-bond acceptors (Lipinski definition) is 10. The van der Waals surface area contributed by atoms with Gasteiger partial charge in [0.25, 0.3) is 0 Å². The molecule has 0 unspecified atom stereocenters. The lowest BCUT2D eigenvalue weighted by Crippen LogP contribution is -2.28. The third-order valence-electron chi connectivity index (χ3n) is 5.77. The first-order valence-electron chi connectivity index (χ1n) is 12.2. The molecule has 0 saturated carbocycles. The third-order valence-corrected chi connectivity index (χ3v) is 8.64. The van der Waals surface area contributed by atoms with Gasteiger partial charge >= 0.3 is 0 Å². The molecule has 1 amide bonds. The highest BCUT2D eigenvalue weighted by Crippen LogP contribution is 2.22. The molecule has 0 spiro atoms. The highest BCUT2D eigenvalue weighted by atomic mass is 32.2. The summed E-state index contributed by atoms with van der Waals surface area (Å²) in [6.07, 6.45) is 7.63. The van der Waals surface area contributed by atoms with E-state index < -0.39 is 0 Å². The van der Waals surface area contributed by atoms with Crippen molar-refractivity contribution in [1.29, 1.82) is 0 Å². The first kappa shape index (κ1) is 27.2. The topological polar surface area (TPSA) is 107 Å². The summed E-state index contributed by atoms with van der Waals surface area (Å²) in [5.74, 6) is 2.37. The van der Waals surface area contributed by atoms with Crippen LogP contribution >= 0.6 is 34.4 Å². The predicted molar refractivity (Wildman–Crippen MR) is 139 cm³/mol. The van der Waals surface area contributed by atoms with Crippen molar-refractivity contribution < 1.29 is 14.3 Å². The molecule has 34 heavy (non-hydrogen) atoms. The Morgan fingerprint density at radius 2 is 1.59 bits per heavy atom. The van der Waals surface area contributed by atoms with Crippen LogP contribution in [0.15, 0.2) is 0 Å². The number of carbonyl (C=O) groups is 2. The number of nitrogens with zero attached hydrogens (tertiary/aromatic N) is 4. The Labute approximate surface area is 214 Å². The van der Waals surface area contributed by atoms with E-state index >= 15 is 0 Å². The molecule has 11 heteroatoms. The minimum absolute atomic E-state index is 0.00440. The van der Waals surface area contributed by atoms with Gasteiger partial charge in [0.15, 0.2) is 0 Å². The van der Waals surface area contributed by atoms with Crippen LogP contribution in [0, 0.1) is 11.8 Å². The highest BCUT2D eigenvalue weighted by Gasteiger charge is 2.22. The van der Waals surface area contributed by atoms with E-state index in [4.69, 9.17) is 4.74 Å². The molecule has 0 bridgehead atoms. The van der Waals surface area contributed by atoms with E-state index in [0.717, 1.165) is 77.9 Å². The second-order valence-electron chi connectivity index (χ2n) is 8.50. The number of rotatable bonds is 15. The molecule has 2 aromatic rings. The molecule has 2 aromatic heterocycles. The molecular weight excluding hydrogens is 490 g/mol. The average Bonchev–Trinajstić information content (AvgIpc) is 3.48. The van der Waals surface area contributed by atoms with Crippen LogP contribution in [0.5, 0.6) is 0 Å². The fourth-order valence-electron chi connectivity index (χ4n) is 3.91. The maximum Gasteiger partial charge on any atom is 0.229 e. The minimum atomic E-state index is 0.00440. The Bertz CT molecular complexity index is 892. The SMILES string of the molecule is CCCC(CCC)C(=O)Cc1nnc(CCSCCc2nnc(NC(=O)C3CCOCC3)s2)s1. The standard InChI is InChI=1S/C23H35N5O3S3/c1-3-5-16(6-4-2)18(29)15-21-27-25-19(33-21)9-13-32-14-10-20-26-28-23(34-20)24-22(30)17-7-11-31-12-8-17/h16-17H,3-15H2,1-2H3,(H,24,28,30). The predicted octanol–water partition coefficient (Wildman–Crippen LogP) is 4.60. The molecule has 3 rings (SSSR count).